The van der Waals surface area contributed by atoms with Gasteiger partial charge < -0.3 is 9.84 Å². The Labute approximate surface area is 62.5 Å². The van der Waals surface area contributed by atoms with Crippen LogP contribution in [0, 0.1) is 0 Å². The van der Waals surface area contributed by atoms with Crippen LogP contribution in [0.3, 0.4) is 0 Å². The predicted molar refractivity (Wildman–Crippen MR) is 41.9 cm³/mol. The van der Waals surface area contributed by atoms with Crippen molar-refractivity contribution in [2.24, 2.45) is 0 Å². The van der Waals surface area contributed by atoms with Crippen LogP contribution in [0.4, 0.5) is 0 Å². The second kappa shape index (κ2) is 6.78. The summed E-state index contributed by atoms with van der Waals surface area (Å²) >= 11 is 0. The SMILES string of the molecule is CC(C)OCCC=CCO. The standard InChI is InChI=1S/C8H16O2/c1-8(2)10-7-5-3-4-6-9/h3-4,8-9H,5-7H2,1-2H3. The summed E-state index contributed by atoms with van der Waals surface area (Å²) in [7, 11) is 0. The van der Waals surface area contributed by atoms with Gasteiger partial charge in [0.05, 0.1) is 19.3 Å². The second-order valence-corrected chi connectivity index (χ2v) is 2.36. The van der Waals surface area contributed by atoms with Crippen LogP contribution >= 0.6 is 0 Å². The molecule has 0 amide bonds. The van der Waals surface area contributed by atoms with E-state index in [-0.39, 0.29) is 6.61 Å². The Morgan fingerprint density at radius 2 is 2.10 bits per heavy atom. The van der Waals surface area contributed by atoms with Gasteiger partial charge in [0.2, 0.25) is 0 Å². The average Bonchev–Trinajstić information content (AvgIpc) is 1.87. The molecule has 2 heteroatoms. The molecule has 0 bridgehead atoms. The van der Waals surface area contributed by atoms with Crippen LogP contribution in [-0.4, -0.2) is 24.4 Å². The first kappa shape index (κ1) is 9.66. The zero-order valence-corrected chi connectivity index (χ0v) is 6.71. The van der Waals surface area contributed by atoms with Crippen LogP contribution < -0.4 is 0 Å². The maximum Gasteiger partial charge on any atom is 0.0612 e. The highest BCUT2D eigenvalue weighted by molar-refractivity contribution is 4.80. The Balaban J connectivity index is 2.97. The van der Waals surface area contributed by atoms with E-state index in [4.69, 9.17) is 9.84 Å². The summed E-state index contributed by atoms with van der Waals surface area (Å²) in [6.45, 7) is 4.89. The fourth-order valence-corrected chi connectivity index (χ4v) is 0.564. The molecule has 0 spiro atoms. The van der Waals surface area contributed by atoms with Gasteiger partial charge in [-0.1, -0.05) is 12.2 Å². The monoisotopic (exact) mass is 144 g/mol. The van der Waals surface area contributed by atoms with Gasteiger partial charge in [-0.25, -0.2) is 0 Å². The lowest BCUT2D eigenvalue weighted by atomic mass is 10.4. The minimum Gasteiger partial charge on any atom is -0.392 e. The van der Waals surface area contributed by atoms with Crippen LogP contribution in [-0.2, 0) is 4.74 Å². The topological polar surface area (TPSA) is 29.5 Å². The molecule has 2 nitrogen and oxygen atoms in total. The number of rotatable bonds is 5. The molecular weight excluding hydrogens is 128 g/mol. The van der Waals surface area contributed by atoms with Gasteiger partial charge in [-0.05, 0) is 20.3 Å². The van der Waals surface area contributed by atoms with Crippen LogP contribution in [0.5, 0.6) is 0 Å². The number of hydrogen-bond donors (Lipinski definition) is 1. The molecule has 0 atom stereocenters. The van der Waals surface area contributed by atoms with Gasteiger partial charge in [0, 0.05) is 0 Å². The van der Waals surface area contributed by atoms with Gasteiger partial charge in [0.15, 0.2) is 0 Å². The molecule has 0 saturated heterocycles. The Hall–Kier alpha value is -0.340. The normalized spacial score (nSPS) is 11.6. The first-order valence-electron chi connectivity index (χ1n) is 3.65. The second-order valence-electron chi connectivity index (χ2n) is 2.36. The van der Waals surface area contributed by atoms with E-state index in [0.29, 0.717) is 6.10 Å². The minimum absolute atomic E-state index is 0.127. The Kier molecular flexibility index (Phi) is 6.55. The molecule has 10 heavy (non-hydrogen) atoms. The van der Waals surface area contributed by atoms with Gasteiger partial charge in [-0.15, -0.1) is 0 Å². The highest BCUT2D eigenvalue weighted by atomic mass is 16.5. The summed E-state index contributed by atoms with van der Waals surface area (Å²) in [4.78, 5) is 0. The third-order valence-electron chi connectivity index (χ3n) is 1.01. The van der Waals surface area contributed by atoms with Gasteiger partial charge in [0.1, 0.15) is 0 Å². The molecule has 1 N–H and O–H groups in total. The number of aliphatic hydroxyl groups is 1. The Morgan fingerprint density at radius 3 is 2.60 bits per heavy atom. The predicted octanol–water partition coefficient (Wildman–Crippen LogP) is 1.35. The third kappa shape index (κ3) is 7.66. The molecule has 0 aliphatic rings. The highest BCUT2D eigenvalue weighted by Crippen LogP contribution is 1.90. The summed E-state index contributed by atoms with van der Waals surface area (Å²) in [5, 5.41) is 8.35. The molecular formula is C8H16O2. The zero-order valence-electron chi connectivity index (χ0n) is 6.71. The number of hydrogen-bond acceptors (Lipinski definition) is 2. The fourth-order valence-electron chi connectivity index (χ4n) is 0.564. The van der Waals surface area contributed by atoms with Crippen molar-refractivity contribution in [3.63, 3.8) is 0 Å². The molecule has 0 aliphatic carbocycles. The van der Waals surface area contributed by atoms with Crippen LogP contribution in [0.1, 0.15) is 20.3 Å². The molecule has 0 radical (unpaired) electrons. The number of ether oxygens (including phenoxy) is 1. The van der Waals surface area contributed by atoms with Crippen LogP contribution in [0.25, 0.3) is 0 Å². The average molecular weight is 144 g/mol. The van der Waals surface area contributed by atoms with Crippen molar-refractivity contribution >= 4 is 0 Å². The Bertz CT molecular complexity index is 87.3. The van der Waals surface area contributed by atoms with Crippen molar-refractivity contribution in [2.45, 2.75) is 26.4 Å². The van der Waals surface area contributed by atoms with Crippen molar-refractivity contribution in [1.82, 2.24) is 0 Å². The molecule has 0 saturated carbocycles. The molecule has 0 heterocycles. The molecule has 0 aromatic carbocycles. The first-order valence-corrected chi connectivity index (χ1v) is 3.65. The van der Waals surface area contributed by atoms with E-state index in [1.165, 1.54) is 0 Å². The lowest BCUT2D eigenvalue weighted by Gasteiger charge is -2.03. The van der Waals surface area contributed by atoms with Crippen molar-refractivity contribution in [2.75, 3.05) is 13.2 Å². The van der Waals surface area contributed by atoms with Gasteiger partial charge in [-0.3, -0.25) is 0 Å². The minimum atomic E-state index is 0.127. The van der Waals surface area contributed by atoms with Crippen LogP contribution in [0.15, 0.2) is 12.2 Å². The summed E-state index contributed by atoms with van der Waals surface area (Å²) in [5.74, 6) is 0. The Morgan fingerprint density at radius 1 is 1.40 bits per heavy atom. The van der Waals surface area contributed by atoms with Gasteiger partial charge >= 0.3 is 0 Å². The maximum atomic E-state index is 8.35. The summed E-state index contributed by atoms with van der Waals surface area (Å²) < 4.78 is 5.26. The summed E-state index contributed by atoms with van der Waals surface area (Å²) in [6, 6.07) is 0. The largest absolute Gasteiger partial charge is 0.392 e. The van der Waals surface area contributed by atoms with Crippen molar-refractivity contribution < 1.29 is 9.84 Å². The van der Waals surface area contributed by atoms with Crippen molar-refractivity contribution in [1.29, 1.82) is 0 Å². The van der Waals surface area contributed by atoms with E-state index >= 15 is 0 Å². The van der Waals surface area contributed by atoms with Crippen molar-refractivity contribution in [3.8, 4) is 0 Å². The highest BCUT2D eigenvalue weighted by Gasteiger charge is 1.88. The molecule has 0 unspecified atom stereocenters. The van der Waals surface area contributed by atoms with Crippen LogP contribution in [0.2, 0.25) is 0 Å². The number of aliphatic hydroxyl groups excluding tert-OH is 1. The van der Waals surface area contributed by atoms with Crippen molar-refractivity contribution in [3.05, 3.63) is 12.2 Å². The smallest absolute Gasteiger partial charge is 0.0612 e. The van der Waals surface area contributed by atoms with Gasteiger partial charge in [0.25, 0.3) is 0 Å². The summed E-state index contributed by atoms with van der Waals surface area (Å²) in [5.41, 5.74) is 0. The molecule has 0 aliphatic heterocycles. The lowest BCUT2D eigenvalue weighted by Crippen LogP contribution is -2.02. The van der Waals surface area contributed by atoms with E-state index in [2.05, 4.69) is 0 Å². The fraction of sp³-hybridized carbons (Fsp3) is 0.750. The van der Waals surface area contributed by atoms with Gasteiger partial charge in [-0.2, -0.15) is 0 Å². The quantitative estimate of drug-likeness (QED) is 0.466. The molecule has 0 rings (SSSR count). The van der Waals surface area contributed by atoms with E-state index in [1.54, 1.807) is 6.08 Å². The zero-order chi connectivity index (χ0) is 7.82. The third-order valence-corrected chi connectivity index (χ3v) is 1.01. The molecule has 0 aromatic rings. The molecule has 0 aromatic heterocycles. The van der Waals surface area contributed by atoms with E-state index < -0.39 is 0 Å². The lowest BCUT2D eigenvalue weighted by molar-refractivity contribution is 0.0825. The van der Waals surface area contributed by atoms with E-state index in [9.17, 15) is 0 Å². The molecule has 60 valence electrons. The maximum absolute atomic E-state index is 8.35. The van der Waals surface area contributed by atoms with E-state index in [0.717, 1.165) is 13.0 Å². The summed E-state index contributed by atoms with van der Waals surface area (Å²) in [6.07, 6.45) is 4.84. The molecule has 0 fully saturated rings. The van der Waals surface area contributed by atoms with E-state index in [1.807, 2.05) is 19.9 Å². The first-order chi connectivity index (χ1) is 4.77.